The number of rotatable bonds is 5. The number of hydrogen-bond donors (Lipinski definition) is 1. The van der Waals surface area contributed by atoms with E-state index in [2.05, 4.69) is 30.1 Å². The van der Waals surface area contributed by atoms with Crippen LogP contribution >= 0.6 is 11.3 Å². The lowest BCUT2D eigenvalue weighted by Gasteiger charge is -2.25. The maximum absolute atomic E-state index is 12.6. The van der Waals surface area contributed by atoms with Crippen LogP contribution in [-0.4, -0.2) is 39.6 Å². The van der Waals surface area contributed by atoms with Crippen LogP contribution in [0.2, 0.25) is 0 Å². The fraction of sp³-hybridized carbons (Fsp3) is 0.474. The van der Waals surface area contributed by atoms with Crippen molar-refractivity contribution in [3.8, 4) is 10.6 Å². The Morgan fingerprint density at radius 2 is 2.33 bits per heavy atom. The molecule has 0 radical (unpaired) electrons. The Bertz CT molecular complexity index is 711. The molecule has 2 atom stereocenters. The summed E-state index contributed by atoms with van der Waals surface area (Å²) in [5, 5.41) is 12.5. The summed E-state index contributed by atoms with van der Waals surface area (Å²) in [7, 11) is 0. The quantitative estimate of drug-likeness (QED) is 0.904. The van der Waals surface area contributed by atoms with Gasteiger partial charge in [-0.2, -0.15) is 0 Å². The fourth-order valence-electron chi connectivity index (χ4n) is 3.36. The molecule has 128 valence electrons. The van der Waals surface area contributed by atoms with Gasteiger partial charge in [0.25, 0.3) is 0 Å². The van der Waals surface area contributed by atoms with Gasteiger partial charge in [0.2, 0.25) is 5.91 Å². The molecule has 3 rings (SSSR count). The molecule has 0 saturated carbocycles. The van der Waals surface area contributed by atoms with Gasteiger partial charge >= 0.3 is 0 Å². The fourth-order valence-corrected chi connectivity index (χ4v) is 4.17. The Balaban J connectivity index is 1.67. The second kappa shape index (κ2) is 7.45. The summed E-state index contributed by atoms with van der Waals surface area (Å²) in [6, 6.07) is 8.44. The monoisotopic (exact) mass is 344 g/mol. The zero-order valence-electron chi connectivity index (χ0n) is 14.2. The first kappa shape index (κ1) is 17.1. The highest BCUT2D eigenvalue weighted by molar-refractivity contribution is 7.13. The third-order valence-corrected chi connectivity index (χ3v) is 5.40. The normalized spacial score (nSPS) is 18.8. The predicted octanol–water partition coefficient (Wildman–Crippen LogP) is 3.42. The minimum absolute atomic E-state index is 0.124. The van der Waals surface area contributed by atoms with Crippen LogP contribution in [0.15, 0.2) is 29.6 Å². The van der Waals surface area contributed by atoms with Gasteiger partial charge in [-0.15, -0.1) is 11.3 Å². The first-order chi connectivity index (χ1) is 11.5. The Hall–Kier alpha value is -1.72. The van der Waals surface area contributed by atoms with Crippen LogP contribution < -0.4 is 0 Å². The van der Waals surface area contributed by atoms with E-state index in [0.29, 0.717) is 12.8 Å². The highest BCUT2D eigenvalue weighted by atomic mass is 32.1. The average Bonchev–Trinajstić information content (AvgIpc) is 3.16. The molecule has 24 heavy (non-hydrogen) atoms. The summed E-state index contributed by atoms with van der Waals surface area (Å²) >= 11 is 1.59. The van der Waals surface area contributed by atoms with Gasteiger partial charge in [-0.1, -0.05) is 23.8 Å². The standard InChI is InChI=1S/C19H24N2O2S/c1-13-5-3-6-15(9-13)19-20-16(12-24-19)11-18(23)21-8-4-7-17(21)10-14(2)22/h3,5-6,9,12,14,17,22H,4,7-8,10-11H2,1-2H3. The number of carbonyl (C=O) groups excluding carboxylic acids is 1. The highest BCUT2D eigenvalue weighted by Crippen LogP contribution is 2.26. The van der Waals surface area contributed by atoms with Crippen LogP contribution in [0.25, 0.3) is 10.6 Å². The van der Waals surface area contributed by atoms with Gasteiger partial charge in [-0.3, -0.25) is 4.79 Å². The molecule has 5 heteroatoms. The number of aromatic nitrogens is 1. The molecule has 2 heterocycles. The number of hydrogen-bond acceptors (Lipinski definition) is 4. The SMILES string of the molecule is Cc1cccc(-c2nc(CC(=O)N3CCCC3CC(C)O)cs2)c1. The molecule has 1 aliphatic heterocycles. The second-order valence-corrected chi connectivity index (χ2v) is 7.52. The molecule has 1 saturated heterocycles. The predicted molar refractivity (Wildman–Crippen MR) is 97.0 cm³/mol. The molecule has 0 aliphatic carbocycles. The number of aryl methyl sites for hydroxylation is 1. The maximum atomic E-state index is 12.6. The summed E-state index contributed by atoms with van der Waals surface area (Å²) < 4.78 is 0. The van der Waals surface area contributed by atoms with Crippen LogP contribution in [0.3, 0.4) is 0 Å². The van der Waals surface area contributed by atoms with Crippen molar-refractivity contribution < 1.29 is 9.90 Å². The van der Waals surface area contributed by atoms with Crippen molar-refractivity contribution in [2.24, 2.45) is 0 Å². The maximum Gasteiger partial charge on any atom is 0.228 e. The number of aliphatic hydroxyl groups is 1. The first-order valence-corrected chi connectivity index (χ1v) is 9.40. The molecular formula is C19H24N2O2S. The summed E-state index contributed by atoms with van der Waals surface area (Å²) in [6.45, 7) is 4.65. The topological polar surface area (TPSA) is 53.4 Å². The zero-order chi connectivity index (χ0) is 17.1. The summed E-state index contributed by atoms with van der Waals surface area (Å²) in [4.78, 5) is 19.2. The van der Waals surface area contributed by atoms with Crippen molar-refractivity contribution in [3.63, 3.8) is 0 Å². The van der Waals surface area contributed by atoms with Crippen LogP contribution in [0.4, 0.5) is 0 Å². The molecule has 0 bridgehead atoms. The number of thiazole rings is 1. The lowest BCUT2D eigenvalue weighted by molar-refractivity contribution is -0.131. The van der Waals surface area contributed by atoms with Gasteiger partial charge in [0.15, 0.2) is 0 Å². The Labute approximate surface area is 147 Å². The Kier molecular flexibility index (Phi) is 5.31. The Morgan fingerprint density at radius 3 is 3.08 bits per heavy atom. The third kappa shape index (κ3) is 4.02. The van der Waals surface area contributed by atoms with Crippen LogP contribution in [0.5, 0.6) is 0 Å². The summed E-state index contributed by atoms with van der Waals surface area (Å²) in [6.07, 6.45) is 2.66. The molecule has 1 amide bonds. The van der Waals surface area contributed by atoms with Gasteiger partial charge in [0, 0.05) is 23.5 Å². The van der Waals surface area contributed by atoms with Gasteiger partial charge < -0.3 is 10.0 Å². The number of likely N-dealkylation sites (tertiary alicyclic amines) is 1. The molecule has 1 aromatic carbocycles. The molecule has 1 aliphatic rings. The largest absolute Gasteiger partial charge is 0.393 e. The molecule has 2 aromatic rings. The van der Waals surface area contributed by atoms with Gasteiger partial charge in [-0.25, -0.2) is 4.98 Å². The lowest BCUT2D eigenvalue weighted by Crippen LogP contribution is -2.38. The van der Waals surface area contributed by atoms with E-state index in [0.717, 1.165) is 35.7 Å². The first-order valence-electron chi connectivity index (χ1n) is 8.52. The van der Waals surface area contributed by atoms with E-state index in [4.69, 9.17) is 0 Å². The van der Waals surface area contributed by atoms with E-state index >= 15 is 0 Å². The Morgan fingerprint density at radius 1 is 1.50 bits per heavy atom. The molecule has 2 unspecified atom stereocenters. The lowest BCUT2D eigenvalue weighted by atomic mass is 10.1. The number of nitrogens with zero attached hydrogens (tertiary/aromatic N) is 2. The van der Waals surface area contributed by atoms with E-state index in [1.165, 1.54) is 5.56 Å². The number of benzene rings is 1. The zero-order valence-corrected chi connectivity index (χ0v) is 15.1. The van der Waals surface area contributed by atoms with E-state index in [-0.39, 0.29) is 18.1 Å². The molecule has 1 aromatic heterocycles. The third-order valence-electron chi connectivity index (χ3n) is 4.46. The van der Waals surface area contributed by atoms with Crippen molar-refractivity contribution in [1.82, 2.24) is 9.88 Å². The van der Waals surface area contributed by atoms with E-state index in [9.17, 15) is 9.90 Å². The molecule has 4 nitrogen and oxygen atoms in total. The molecule has 0 spiro atoms. The van der Waals surface area contributed by atoms with Crippen molar-refractivity contribution in [1.29, 1.82) is 0 Å². The highest BCUT2D eigenvalue weighted by Gasteiger charge is 2.29. The van der Waals surface area contributed by atoms with Crippen LogP contribution in [0, 0.1) is 6.92 Å². The minimum atomic E-state index is -0.365. The van der Waals surface area contributed by atoms with Crippen molar-refractivity contribution in [2.45, 2.75) is 51.7 Å². The number of carbonyl (C=O) groups is 1. The van der Waals surface area contributed by atoms with Crippen LogP contribution in [-0.2, 0) is 11.2 Å². The van der Waals surface area contributed by atoms with E-state index in [1.807, 2.05) is 16.3 Å². The van der Waals surface area contributed by atoms with Crippen molar-refractivity contribution >= 4 is 17.2 Å². The number of aliphatic hydroxyl groups excluding tert-OH is 1. The van der Waals surface area contributed by atoms with Gasteiger partial charge in [0.05, 0.1) is 18.2 Å². The van der Waals surface area contributed by atoms with E-state index in [1.54, 1.807) is 18.3 Å². The van der Waals surface area contributed by atoms with Crippen molar-refractivity contribution in [3.05, 3.63) is 40.9 Å². The summed E-state index contributed by atoms with van der Waals surface area (Å²) in [5.41, 5.74) is 3.15. The van der Waals surface area contributed by atoms with Gasteiger partial charge in [-0.05, 0) is 39.2 Å². The minimum Gasteiger partial charge on any atom is -0.393 e. The number of amides is 1. The van der Waals surface area contributed by atoms with E-state index < -0.39 is 0 Å². The second-order valence-electron chi connectivity index (χ2n) is 6.66. The van der Waals surface area contributed by atoms with Crippen molar-refractivity contribution in [2.75, 3.05) is 6.54 Å². The molecule has 1 fully saturated rings. The molecular weight excluding hydrogens is 320 g/mol. The molecule has 1 N–H and O–H groups in total. The van der Waals surface area contributed by atoms with Gasteiger partial charge in [0.1, 0.15) is 5.01 Å². The average molecular weight is 344 g/mol. The smallest absolute Gasteiger partial charge is 0.228 e. The summed E-state index contributed by atoms with van der Waals surface area (Å²) in [5.74, 6) is 0.124. The van der Waals surface area contributed by atoms with Crippen LogP contribution in [0.1, 0.15) is 37.4 Å².